The minimum Gasteiger partial charge on any atom is -0.369 e. The van der Waals surface area contributed by atoms with Crippen LogP contribution in [0, 0.1) is 24.7 Å². The van der Waals surface area contributed by atoms with E-state index in [1.54, 1.807) is 6.20 Å². The monoisotopic (exact) mass is 737 g/mol. The van der Waals surface area contributed by atoms with E-state index in [-0.39, 0.29) is 0 Å². The highest BCUT2D eigenvalue weighted by Crippen LogP contribution is 2.49. The number of anilines is 2. The van der Waals surface area contributed by atoms with Crippen molar-refractivity contribution < 1.29 is 4.39 Å². The molecule has 11 heteroatoms. The summed E-state index contributed by atoms with van der Waals surface area (Å²) in [5.41, 5.74) is 4.04. The van der Waals surface area contributed by atoms with Crippen molar-refractivity contribution in [2.75, 3.05) is 23.3 Å². The molecule has 3 aromatic rings. The number of alkyl halides is 3. The summed E-state index contributed by atoms with van der Waals surface area (Å²) in [6.07, 6.45) is 4.98. The van der Waals surface area contributed by atoms with E-state index in [0.29, 0.717) is 41.3 Å². The van der Waals surface area contributed by atoms with Crippen LogP contribution in [0.2, 0.25) is 5.15 Å². The second-order valence-electron chi connectivity index (χ2n) is 9.63. The first-order valence-corrected chi connectivity index (χ1v) is 17.8. The number of hydrogen-bond donors (Lipinski definition) is 1. The molecule has 4 atom stereocenters. The maximum atomic E-state index is 14.8. The van der Waals surface area contributed by atoms with E-state index >= 15 is 0 Å². The Balaban J connectivity index is 1.31. The van der Waals surface area contributed by atoms with E-state index < -0.39 is 43.1 Å². The number of fused-ring (bicyclic) bond motifs is 2. The SMILES string of the molecule is C=IC(F)(CCCc1ccc(C)c2nc(N[C@@H]3[C@H](CC)C4CN(c5cnnc(Cl)c5)C[C@H]43)nn12)I=C. The predicted molar refractivity (Wildman–Crippen MR) is 164 cm³/mol. The number of hydrogen-bond acceptors (Lipinski definition) is 6. The smallest absolute Gasteiger partial charge is 0.243 e. The van der Waals surface area contributed by atoms with Crippen LogP contribution in [0.25, 0.3) is 5.65 Å². The zero-order valence-corrected chi connectivity index (χ0v) is 25.5. The Labute approximate surface area is 236 Å². The van der Waals surface area contributed by atoms with Gasteiger partial charge in [0.2, 0.25) is 5.95 Å². The standard InChI is InChI=1S/C25H31ClFI2N7/c1-5-18-19-13-35(17-11-21(26)33-30-12-17)14-20(19)22(18)31-24-32-23-15(2)8-9-16(36(23)34-24)7-6-10-25(27,28-3)29-4/h8-9,11-12,18-20,22H,3-7,10,13-14H2,1-2H3,(H,31,34)/t18-,19?,20-,22-/m1/s1. The molecule has 1 saturated carbocycles. The zero-order chi connectivity index (χ0) is 25.4. The van der Waals surface area contributed by atoms with Gasteiger partial charge >= 0.3 is 0 Å². The Bertz CT molecular complexity index is 1280. The Hall–Kier alpha value is -1.28. The minimum atomic E-state index is -1.07. The number of aryl methyl sites for hydroxylation is 2. The van der Waals surface area contributed by atoms with Crippen LogP contribution in [0.5, 0.6) is 0 Å². The Kier molecular flexibility index (Phi) is 7.93. The normalized spacial score (nSPS) is 23.6. The first kappa shape index (κ1) is 26.3. The third-order valence-electron chi connectivity index (χ3n) is 7.67. The highest BCUT2D eigenvalue weighted by atomic mass is 127. The molecule has 2 aliphatic rings. The maximum absolute atomic E-state index is 14.8. The first-order valence-electron chi connectivity index (χ1n) is 12.2. The molecule has 1 unspecified atom stereocenters. The van der Waals surface area contributed by atoms with Crippen molar-refractivity contribution in [3.8, 4) is 0 Å². The fraction of sp³-hybridized carbons (Fsp3) is 0.520. The fourth-order valence-corrected chi connectivity index (χ4v) is 9.04. The van der Waals surface area contributed by atoms with Crippen molar-refractivity contribution >= 4 is 79.4 Å². The lowest BCUT2D eigenvalue weighted by Gasteiger charge is -2.47. The summed E-state index contributed by atoms with van der Waals surface area (Å²) in [7, 11) is 0. The van der Waals surface area contributed by atoms with Crippen molar-refractivity contribution in [3.63, 3.8) is 0 Å². The van der Waals surface area contributed by atoms with Crippen LogP contribution in [-0.2, 0) is 6.42 Å². The number of aromatic nitrogens is 5. The molecule has 194 valence electrons. The van der Waals surface area contributed by atoms with Gasteiger partial charge in [-0.1, -0.05) is 81.5 Å². The molecule has 5 rings (SSSR count). The van der Waals surface area contributed by atoms with Crippen LogP contribution >= 0.6 is 53.1 Å². The van der Waals surface area contributed by atoms with Crippen LogP contribution in [0.1, 0.15) is 37.4 Å². The Morgan fingerprint density at radius 3 is 2.75 bits per heavy atom. The number of halogens is 4. The molecule has 0 aromatic carbocycles. The molecule has 1 aliphatic carbocycles. The van der Waals surface area contributed by atoms with Gasteiger partial charge in [-0.15, -0.1) is 10.2 Å². The van der Waals surface area contributed by atoms with Gasteiger partial charge in [0.25, 0.3) is 0 Å². The number of nitrogens with one attached hydrogen (secondary N) is 1. The van der Waals surface area contributed by atoms with Gasteiger partial charge < -0.3 is 10.2 Å². The topological polar surface area (TPSA) is 71.2 Å². The molecule has 4 heterocycles. The highest BCUT2D eigenvalue weighted by Gasteiger charge is 2.54. The van der Waals surface area contributed by atoms with Crippen molar-refractivity contribution in [3.05, 3.63) is 40.8 Å². The van der Waals surface area contributed by atoms with Crippen LogP contribution in [-0.4, -0.2) is 54.6 Å². The van der Waals surface area contributed by atoms with Crippen LogP contribution in [0.4, 0.5) is 16.0 Å². The van der Waals surface area contributed by atoms with Crippen LogP contribution < -0.4 is 10.2 Å². The predicted octanol–water partition coefficient (Wildman–Crippen LogP) is 5.81. The maximum Gasteiger partial charge on any atom is 0.243 e. The third kappa shape index (κ3) is 5.05. The van der Waals surface area contributed by atoms with E-state index in [2.05, 4.69) is 55.4 Å². The number of rotatable bonds is 10. The molecule has 36 heavy (non-hydrogen) atoms. The lowest BCUT2D eigenvalue weighted by molar-refractivity contribution is 0.0916. The lowest BCUT2D eigenvalue weighted by atomic mass is 9.61. The lowest BCUT2D eigenvalue weighted by Crippen LogP contribution is -2.54. The molecule has 0 spiro atoms. The summed E-state index contributed by atoms with van der Waals surface area (Å²) in [5, 5.41) is 16.9. The summed E-state index contributed by atoms with van der Waals surface area (Å²) in [5.74, 6) is 2.38. The zero-order valence-electron chi connectivity index (χ0n) is 20.5. The third-order valence-corrected chi connectivity index (χ3v) is 15.0. The molecule has 1 N–H and O–H groups in total. The Morgan fingerprint density at radius 2 is 2.03 bits per heavy atom. The molecular weight excluding hydrogens is 707 g/mol. The van der Waals surface area contributed by atoms with Gasteiger partial charge in [0.15, 0.2) is 12.5 Å². The second-order valence-corrected chi connectivity index (χ2v) is 17.0. The van der Waals surface area contributed by atoms with E-state index in [1.807, 2.05) is 10.6 Å². The summed E-state index contributed by atoms with van der Waals surface area (Å²) >= 11 is 4.70. The molecule has 2 fully saturated rings. The van der Waals surface area contributed by atoms with Crippen LogP contribution in [0.3, 0.4) is 0 Å². The van der Waals surface area contributed by atoms with Crippen LogP contribution in [0.15, 0.2) is 24.4 Å². The van der Waals surface area contributed by atoms with Crippen molar-refractivity contribution in [2.24, 2.45) is 17.8 Å². The quantitative estimate of drug-likeness (QED) is 0.210. The largest absolute Gasteiger partial charge is 0.369 e. The molecule has 0 radical (unpaired) electrons. The van der Waals surface area contributed by atoms with Gasteiger partial charge in [0.1, 0.15) is 0 Å². The summed E-state index contributed by atoms with van der Waals surface area (Å²) in [6.45, 7) is 6.27. The fourth-order valence-electron chi connectivity index (χ4n) is 5.78. The van der Waals surface area contributed by atoms with Gasteiger partial charge in [-0.25, -0.2) is 8.91 Å². The van der Waals surface area contributed by atoms with E-state index in [1.165, 1.54) is 0 Å². The second kappa shape index (κ2) is 10.8. The summed E-state index contributed by atoms with van der Waals surface area (Å²) in [4.78, 5) is 7.23. The molecule has 7 nitrogen and oxygen atoms in total. The molecular formula is C25H31ClFI2N7. The van der Waals surface area contributed by atoms with Crippen molar-refractivity contribution in [2.45, 2.75) is 47.3 Å². The van der Waals surface area contributed by atoms with Gasteiger partial charge in [0.05, 0.1) is 11.9 Å². The van der Waals surface area contributed by atoms with Gasteiger partial charge in [-0.2, -0.15) is 10.1 Å². The average molecular weight is 738 g/mol. The van der Waals surface area contributed by atoms with Gasteiger partial charge in [-0.3, -0.25) is 0 Å². The Morgan fingerprint density at radius 1 is 1.25 bits per heavy atom. The van der Waals surface area contributed by atoms with E-state index in [9.17, 15) is 4.39 Å². The molecule has 0 amide bonds. The van der Waals surface area contributed by atoms with Gasteiger partial charge in [0, 0.05) is 36.8 Å². The molecule has 1 saturated heterocycles. The number of pyridine rings is 1. The summed E-state index contributed by atoms with van der Waals surface area (Å²) < 4.78 is 23.4. The van der Waals surface area contributed by atoms with Gasteiger partial charge in [-0.05, 0) is 49.7 Å². The number of nitrogens with zero attached hydrogens (tertiary/aromatic N) is 6. The molecule has 3 aromatic heterocycles. The molecule has 1 aliphatic heterocycles. The molecule has 0 bridgehead atoms. The first-order chi connectivity index (χ1) is 17.4. The minimum absolute atomic E-state index is 0.325. The van der Waals surface area contributed by atoms with Crippen molar-refractivity contribution in [1.29, 1.82) is 0 Å². The highest BCUT2D eigenvalue weighted by molar-refractivity contribution is 14.3. The van der Waals surface area contributed by atoms with Crippen molar-refractivity contribution in [1.82, 2.24) is 24.8 Å². The average Bonchev–Trinajstić information content (AvgIpc) is 3.47. The van der Waals surface area contributed by atoms with E-state index in [4.69, 9.17) is 21.7 Å². The van der Waals surface area contributed by atoms with E-state index in [0.717, 1.165) is 54.9 Å². The summed E-state index contributed by atoms with van der Waals surface area (Å²) in [6, 6.07) is 6.40.